The number of methoxy groups -OCH3 is 1. The zero-order valence-electron chi connectivity index (χ0n) is 11.8. The van der Waals surface area contributed by atoms with E-state index in [0.717, 1.165) is 38.8 Å². The van der Waals surface area contributed by atoms with Crippen LogP contribution in [-0.4, -0.2) is 38.3 Å². The molecule has 1 aliphatic heterocycles. The van der Waals surface area contributed by atoms with Crippen LogP contribution in [0.1, 0.15) is 39.5 Å². The van der Waals surface area contributed by atoms with E-state index in [1.54, 1.807) is 7.11 Å². The Morgan fingerprint density at radius 1 is 1.44 bits per heavy atom. The normalized spacial score (nSPS) is 36.2. The lowest BCUT2D eigenvalue weighted by Crippen LogP contribution is -2.49. The van der Waals surface area contributed by atoms with Gasteiger partial charge in [0.05, 0.1) is 11.5 Å². The van der Waals surface area contributed by atoms with Crippen LogP contribution in [0.15, 0.2) is 0 Å². The van der Waals surface area contributed by atoms with Crippen molar-refractivity contribution in [3.05, 3.63) is 0 Å². The second-order valence-corrected chi connectivity index (χ2v) is 6.08. The summed E-state index contributed by atoms with van der Waals surface area (Å²) in [5, 5.41) is 6.58. The maximum Gasteiger partial charge on any atom is 0.228 e. The Hall–Kier alpha value is -0.610. The van der Waals surface area contributed by atoms with Crippen LogP contribution in [-0.2, 0) is 9.53 Å². The Kier molecular flexibility index (Phi) is 4.28. The number of rotatable bonds is 4. The van der Waals surface area contributed by atoms with Crippen molar-refractivity contribution in [2.45, 2.75) is 51.7 Å². The summed E-state index contributed by atoms with van der Waals surface area (Å²) in [4.78, 5) is 12.6. The van der Waals surface area contributed by atoms with Crippen LogP contribution in [0.4, 0.5) is 0 Å². The van der Waals surface area contributed by atoms with Gasteiger partial charge >= 0.3 is 0 Å². The number of hydrogen-bond donors (Lipinski definition) is 2. The molecule has 0 spiro atoms. The van der Waals surface area contributed by atoms with Gasteiger partial charge in [0.25, 0.3) is 0 Å². The minimum Gasteiger partial charge on any atom is -0.381 e. The number of hydrogen-bond acceptors (Lipinski definition) is 3. The van der Waals surface area contributed by atoms with E-state index in [0.29, 0.717) is 18.1 Å². The summed E-state index contributed by atoms with van der Waals surface area (Å²) in [6.07, 6.45) is 4.35. The van der Waals surface area contributed by atoms with Crippen LogP contribution < -0.4 is 10.6 Å². The molecule has 3 unspecified atom stereocenters. The SMILES string of the molecule is COC1CCC(NC(=O)C2(C(C)C)CCNC2)C1. The predicted molar refractivity (Wildman–Crippen MR) is 71.3 cm³/mol. The Balaban J connectivity index is 1.94. The predicted octanol–water partition coefficient (Wildman–Crippen LogP) is 1.31. The molecular formula is C14H26N2O2. The van der Waals surface area contributed by atoms with Gasteiger partial charge in [-0.15, -0.1) is 0 Å². The highest BCUT2D eigenvalue weighted by atomic mass is 16.5. The van der Waals surface area contributed by atoms with Crippen molar-refractivity contribution in [1.82, 2.24) is 10.6 Å². The molecule has 0 aromatic carbocycles. The van der Waals surface area contributed by atoms with E-state index in [2.05, 4.69) is 24.5 Å². The molecule has 0 aromatic heterocycles. The Bertz CT molecular complexity index is 298. The minimum absolute atomic E-state index is 0.203. The molecule has 0 bridgehead atoms. The highest BCUT2D eigenvalue weighted by molar-refractivity contribution is 5.84. The van der Waals surface area contributed by atoms with E-state index < -0.39 is 0 Å². The lowest BCUT2D eigenvalue weighted by molar-refractivity contribution is -0.133. The lowest BCUT2D eigenvalue weighted by Gasteiger charge is -2.32. The highest BCUT2D eigenvalue weighted by Crippen LogP contribution is 2.35. The molecule has 3 atom stereocenters. The standard InChI is InChI=1S/C14H26N2O2/c1-10(2)14(6-7-15-9-14)13(17)16-11-4-5-12(8-11)18-3/h10-12,15H,4-9H2,1-3H3,(H,16,17). The quantitative estimate of drug-likeness (QED) is 0.795. The molecule has 2 aliphatic rings. The van der Waals surface area contributed by atoms with Crippen molar-refractivity contribution >= 4 is 5.91 Å². The molecule has 18 heavy (non-hydrogen) atoms. The first-order valence-corrected chi connectivity index (χ1v) is 7.13. The number of carbonyl (C=O) groups is 1. The van der Waals surface area contributed by atoms with Crippen molar-refractivity contribution in [2.24, 2.45) is 11.3 Å². The monoisotopic (exact) mass is 254 g/mol. The largest absolute Gasteiger partial charge is 0.381 e. The van der Waals surface area contributed by atoms with Gasteiger partial charge in [-0.2, -0.15) is 0 Å². The molecule has 1 heterocycles. The zero-order valence-corrected chi connectivity index (χ0v) is 11.8. The molecular weight excluding hydrogens is 228 g/mol. The van der Waals surface area contributed by atoms with Crippen LogP contribution in [0, 0.1) is 11.3 Å². The van der Waals surface area contributed by atoms with Gasteiger partial charge in [0.15, 0.2) is 0 Å². The molecule has 0 aromatic rings. The first-order chi connectivity index (χ1) is 8.58. The van der Waals surface area contributed by atoms with E-state index in [1.165, 1.54) is 0 Å². The van der Waals surface area contributed by atoms with Gasteiger partial charge in [-0.25, -0.2) is 0 Å². The van der Waals surface area contributed by atoms with Crippen molar-refractivity contribution in [2.75, 3.05) is 20.2 Å². The summed E-state index contributed by atoms with van der Waals surface area (Å²) < 4.78 is 5.36. The van der Waals surface area contributed by atoms with Crippen LogP contribution in [0.25, 0.3) is 0 Å². The van der Waals surface area contributed by atoms with Crippen molar-refractivity contribution in [3.63, 3.8) is 0 Å². The van der Waals surface area contributed by atoms with E-state index in [9.17, 15) is 4.79 Å². The summed E-state index contributed by atoms with van der Waals surface area (Å²) in [7, 11) is 1.76. The van der Waals surface area contributed by atoms with E-state index >= 15 is 0 Å². The topological polar surface area (TPSA) is 50.4 Å². The molecule has 1 saturated carbocycles. The molecule has 4 heteroatoms. The van der Waals surface area contributed by atoms with Gasteiger partial charge in [0, 0.05) is 19.7 Å². The number of carbonyl (C=O) groups excluding carboxylic acids is 1. The highest BCUT2D eigenvalue weighted by Gasteiger charge is 2.44. The van der Waals surface area contributed by atoms with Crippen LogP contribution in [0.2, 0.25) is 0 Å². The summed E-state index contributed by atoms with van der Waals surface area (Å²) in [5.41, 5.74) is -0.203. The number of amides is 1. The van der Waals surface area contributed by atoms with Crippen LogP contribution in [0.3, 0.4) is 0 Å². The molecule has 1 saturated heterocycles. The second kappa shape index (κ2) is 5.57. The lowest BCUT2D eigenvalue weighted by atomic mass is 9.75. The fraction of sp³-hybridized carbons (Fsp3) is 0.929. The Morgan fingerprint density at radius 2 is 2.22 bits per heavy atom. The summed E-state index contributed by atoms with van der Waals surface area (Å²) >= 11 is 0. The van der Waals surface area contributed by atoms with Gasteiger partial charge in [0.2, 0.25) is 5.91 Å². The Labute approximate surface area is 110 Å². The molecule has 1 aliphatic carbocycles. The fourth-order valence-electron chi connectivity index (χ4n) is 3.27. The molecule has 4 nitrogen and oxygen atoms in total. The average molecular weight is 254 g/mol. The van der Waals surface area contributed by atoms with Gasteiger partial charge in [-0.05, 0) is 38.1 Å². The maximum absolute atomic E-state index is 12.6. The second-order valence-electron chi connectivity index (χ2n) is 6.08. The Morgan fingerprint density at radius 3 is 2.72 bits per heavy atom. The van der Waals surface area contributed by atoms with E-state index in [4.69, 9.17) is 4.74 Å². The third kappa shape index (κ3) is 2.54. The zero-order chi connectivity index (χ0) is 13.2. The summed E-state index contributed by atoms with van der Waals surface area (Å²) in [5.74, 6) is 0.622. The molecule has 0 radical (unpaired) electrons. The minimum atomic E-state index is -0.203. The van der Waals surface area contributed by atoms with Crippen LogP contribution in [0.5, 0.6) is 0 Å². The number of nitrogens with one attached hydrogen (secondary N) is 2. The van der Waals surface area contributed by atoms with E-state index in [-0.39, 0.29) is 11.3 Å². The molecule has 2 fully saturated rings. The maximum atomic E-state index is 12.6. The number of ether oxygens (including phenoxy) is 1. The smallest absolute Gasteiger partial charge is 0.228 e. The van der Waals surface area contributed by atoms with Crippen LogP contribution >= 0.6 is 0 Å². The summed E-state index contributed by atoms with van der Waals surface area (Å²) in [6.45, 7) is 6.08. The fourth-order valence-corrected chi connectivity index (χ4v) is 3.27. The average Bonchev–Trinajstić information content (AvgIpc) is 2.97. The van der Waals surface area contributed by atoms with Gasteiger partial charge < -0.3 is 15.4 Å². The van der Waals surface area contributed by atoms with Gasteiger partial charge in [-0.3, -0.25) is 4.79 Å². The first kappa shape index (κ1) is 13.8. The summed E-state index contributed by atoms with van der Waals surface area (Å²) in [6, 6.07) is 0.304. The molecule has 2 rings (SSSR count). The molecule has 2 N–H and O–H groups in total. The van der Waals surface area contributed by atoms with Crippen molar-refractivity contribution in [1.29, 1.82) is 0 Å². The third-order valence-electron chi connectivity index (χ3n) is 4.80. The molecule has 1 amide bonds. The van der Waals surface area contributed by atoms with E-state index in [1.807, 2.05) is 0 Å². The molecule has 104 valence electrons. The van der Waals surface area contributed by atoms with Crippen molar-refractivity contribution in [3.8, 4) is 0 Å². The van der Waals surface area contributed by atoms with Gasteiger partial charge in [0.1, 0.15) is 0 Å². The van der Waals surface area contributed by atoms with Gasteiger partial charge in [-0.1, -0.05) is 13.8 Å². The van der Waals surface area contributed by atoms with Crippen molar-refractivity contribution < 1.29 is 9.53 Å². The first-order valence-electron chi connectivity index (χ1n) is 7.13. The third-order valence-corrected chi connectivity index (χ3v) is 4.80.